The highest BCUT2D eigenvalue weighted by atomic mass is 32.2. The Bertz CT molecular complexity index is 1010. The van der Waals surface area contributed by atoms with Crippen molar-refractivity contribution >= 4 is 51.1 Å². The van der Waals surface area contributed by atoms with Crippen molar-refractivity contribution in [3.63, 3.8) is 0 Å². The van der Waals surface area contributed by atoms with E-state index in [-0.39, 0.29) is 5.78 Å². The summed E-state index contributed by atoms with van der Waals surface area (Å²) in [5.74, 6) is 1.40. The molecule has 1 aromatic carbocycles. The van der Waals surface area contributed by atoms with Crippen LogP contribution in [0.2, 0.25) is 0 Å². The first-order chi connectivity index (χ1) is 12.2. The smallest absolute Gasteiger partial charge is 0.175 e. The largest absolute Gasteiger partial charge is 0.358 e. The third-order valence-electron chi connectivity index (χ3n) is 3.98. The number of nitrogens with zero attached hydrogens (tertiary/aromatic N) is 1. The van der Waals surface area contributed by atoms with Crippen molar-refractivity contribution in [1.82, 2.24) is 9.97 Å². The summed E-state index contributed by atoms with van der Waals surface area (Å²) in [5.41, 5.74) is 5.00. The number of aromatic amines is 1. The molecule has 0 unspecified atom stereocenters. The first-order valence-corrected chi connectivity index (χ1v) is 10.9. The van der Waals surface area contributed by atoms with Gasteiger partial charge in [-0.25, -0.2) is 4.98 Å². The van der Waals surface area contributed by atoms with E-state index >= 15 is 0 Å². The summed E-state index contributed by atoms with van der Waals surface area (Å²) in [4.78, 5) is 20.6. The lowest BCUT2D eigenvalue weighted by Gasteiger charge is -2.01. The number of carbonyl (C=O) groups is 1. The molecule has 3 nitrogen and oxygen atoms in total. The number of thiophene rings is 1. The Kier molecular flexibility index (Phi) is 4.74. The van der Waals surface area contributed by atoms with Crippen LogP contribution in [0, 0.1) is 6.92 Å². The fourth-order valence-electron chi connectivity index (χ4n) is 2.85. The molecule has 0 spiro atoms. The normalized spacial score (nSPS) is 11.2. The van der Waals surface area contributed by atoms with Gasteiger partial charge in [0, 0.05) is 44.2 Å². The maximum atomic E-state index is 12.7. The van der Waals surface area contributed by atoms with Gasteiger partial charge in [0.1, 0.15) is 5.01 Å². The molecule has 4 aromatic rings. The van der Waals surface area contributed by atoms with Crippen LogP contribution in [0.3, 0.4) is 0 Å². The summed E-state index contributed by atoms with van der Waals surface area (Å²) >= 11 is 4.96. The van der Waals surface area contributed by atoms with E-state index in [1.54, 1.807) is 34.4 Å². The Morgan fingerprint density at radius 3 is 2.96 bits per heavy atom. The number of hydrogen-bond donors (Lipinski definition) is 1. The van der Waals surface area contributed by atoms with Gasteiger partial charge in [0.05, 0.1) is 11.4 Å². The number of thioether (sulfide) groups is 1. The van der Waals surface area contributed by atoms with Crippen LogP contribution in [0.1, 0.15) is 21.7 Å². The summed E-state index contributed by atoms with van der Waals surface area (Å²) < 4.78 is 0. The Morgan fingerprint density at radius 1 is 1.24 bits per heavy atom. The van der Waals surface area contributed by atoms with Gasteiger partial charge in [-0.15, -0.1) is 23.1 Å². The van der Waals surface area contributed by atoms with Gasteiger partial charge in [0.15, 0.2) is 5.78 Å². The third-order valence-corrected chi connectivity index (χ3v) is 6.56. The van der Waals surface area contributed by atoms with Crippen LogP contribution < -0.4 is 0 Å². The summed E-state index contributed by atoms with van der Waals surface area (Å²) in [6.07, 6.45) is 0. The van der Waals surface area contributed by atoms with Crippen LogP contribution in [0.4, 0.5) is 0 Å². The number of fused-ring (bicyclic) bond motifs is 1. The first kappa shape index (κ1) is 16.6. The van der Waals surface area contributed by atoms with Crippen LogP contribution >= 0.6 is 34.4 Å². The zero-order chi connectivity index (χ0) is 17.2. The lowest BCUT2D eigenvalue weighted by molar-refractivity contribution is 0.102. The minimum atomic E-state index is 0.174. The van der Waals surface area contributed by atoms with Gasteiger partial charge >= 0.3 is 0 Å². The van der Waals surface area contributed by atoms with E-state index in [0.717, 1.165) is 38.6 Å². The molecule has 4 rings (SSSR count). The van der Waals surface area contributed by atoms with E-state index in [1.165, 1.54) is 5.56 Å². The molecular formula is C19H16N2OS3. The van der Waals surface area contributed by atoms with Gasteiger partial charge in [-0.05, 0) is 24.4 Å². The number of thiazole rings is 1. The Balaban J connectivity index is 1.41. The molecule has 3 heterocycles. The molecule has 0 amide bonds. The number of aromatic nitrogens is 2. The molecule has 0 saturated heterocycles. The van der Waals surface area contributed by atoms with E-state index in [9.17, 15) is 4.79 Å². The molecule has 126 valence electrons. The molecule has 0 fully saturated rings. The molecule has 0 saturated carbocycles. The van der Waals surface area contributed by atoms with Gasteiger partial charge in [-0.3, -0.25) is 4.79 Å². The number of Topliss-reactive ketones (excluding diaryl/α,β-unsaturated/α-hetero) is 1. The van der Waals surface area contributed by atoms with E-state index in [4.69, 9.17) is 0 Å². The van der Waals surface area contributed by atoms with Crippen LogP contribution in [-0.4, -0.2) is 21.5 Å². The van der Waals surface area contributed by atoms with Crippen LogP contribution in [0.5, 0.6) is 0 Å². The van der Waals surface area contributed by atoms with Crippen molar-refractivity contribution in [1.29, 1.82) is 0 Å². The topological polar surface area (TPSA) is 45.8 Å². The second kappa shape index (κ2) is 7.15. The molecular weight excluding hydrogens is 368 g/mol. The number of nitrogens with one attached hydrogen (secondary N) is 1. The van der Waals surface area contributed by atoms with Gasteiger partial charge in [0.25, 0.3) is 0 Å². The average molecular weight is 385 g/mol. The van der Waals surface area contributed by atoms with Crippen molar-refractivity contribution in [2.24, 2.45) is 0 Å². The highest BCUT2D eigenvalue weighted by Gasteiger charge is 2.16. The van der Waals surface area contributed by atoms with Gasteiger partial charge in [-0.1, -0.05) is 18.2 Å². The summed E-state index contributed by atoms with van der Waals surface area (Å²) in [5, 5.41) is 8.32. The molecule has 0 bridgehead atoms. The number of carbonyl (C=O) groups excluding carboxylic acids is 1. The van der Waals surface area contributed by atoms with Crippen LogP contribution in [0.25, 0.3) is 21.5 Å². The molecule has 3 aromatic heterocycles. The van der Waals surface area contributed by atoms with E-state index in [1.807, 2.05) is 31.2 Å². The number of benzene rings is 1. The highest BCUT2D eigenvalue weighted by Crippen LogP contribution is 2.28. The monoisotopic (exact) mass is 384 g/mol. The Labute approximate surface area is 158 Å². The molecule has 0 aliphatic rings. The number of hydrogen-bond acceptors (Lipinski definition) is 5. The van der Waals surface area contributed by atoms with Gasteiger partial charge in [0.2, 0.25) is 0 Å². The zero-order valence-corrected chi connectivity index (χ0v) is 16.1. The minimum Gasteiger partial charge on any atom is -0.358 e. The fraction of sp³-hybridized carbons (Fsp3) is 0.158. The van der Waals surface area contributed by atoms with Crippen LogP contribution in [0.15, 0.2) is 46.5 Å². The predicted molar refractivity (Wildman–Crippen MR) is 109 cm³/mol. The van der Waals surface area contributed by atoms with Gasteiger partial charge in [-0.2, -0.15) is 11.3 Å². The van der Waals surface area contributed by atoms with E-state index in [0.29, 0.717) is 5.75 Å². The molecule has 25 heavy (non-hydrogen) atoms. The van der Waals surface area contributed by atoms with Crippen molar-refractivity contribution < 1.29 is 4.79 Å². The lowest BCUT2D eigenvalue weighted by Crippen LogP contribution is -2.04. The average Bonchev–Trinajstić information content (AvgIpc) is 3.33. The quantitative estimate of drug-likeness (QED) is 0.429. The van der Waals surface area contributed by atoms with Gasteiger partial charge < -0.3 is 4.98 Å². The fourth-order valence-corrected chi connectivity index (χ4v) is 5.27. The maximum Gasteiger partial charge on any atom is 0.175 e. The van der Waals surface area contributed by atoms with Crippen molar-refractivity contribution in [2.75, 3.05) is 5.75 Å². The van der Waals surface area contributed by atoms with E-state index < -0.39 is 0 Å². The first-order valence-electron chi connectivity index (χ1n) is 7.87. The molecule has 1 N–H and O–H groups in total. The number of ketones is 1. The number of H-pyrrole nitrogens is 1. The molecule has 0 aliphatic heterocycles. The summed E-state index contributed by atoms with van der Waals surface area (Å²) in [7, 11) is 0. The minimum absolute atomic E-state index is 0.174. The van der Waals surface area contributed by atoms with Crippen molar-refractivity contribution in [2.45, 2.75) is 12.7 Å². The second-order valence-electron chi connectivity index (χ2n) is 5.74. The number of rotatable bonds is 6. The summed E-state index contributed by atoms with van der Waals surface area (Å²) in [6, 6.07) is 10.1. The predicted octanol–water partition coefficient (Wildman–Crippen LogP) is 5.78. The highest BCUT2D eigenvalue weighted by molar-refractivity contribution is 7.99. The summed E-state index contributed by atoms with van der Waals surface area (Å²) in [6.45, 7) is 1.96. The van der Waals surface area contributed by atoms with Crippen molar-refractivity contribution in [3.05, 3.63) is 63.4 Å². The van der Waals surface area contributed by atoms with Crippen LogP contribution in [-0.2, 0) is 5.75 Å². The van der Waals surface area contributed by atoms with E-state index in [2.05, 4.69) is 32.2 Å². The Hall–Kier alpha value is -1.89. The SMILES string of the molecule is Cc1[nH]c2ccccc2c1C(=O)CSCc1csc(-c2ccsc2)n1. The molecule has 6 heteroatoms. The second-order valence-corrected chi connectivity index (χ2v) is 8.37. The third kappa shape index (κ3) is 3.42. The number of para-hydroxylation sites is 1. The maximum absolute atomic E-state index is 12.7. The molecule has 0 radical (unpaired) electrons. The number of aryl methyl sites for hydroxylation is 1. The Morgan fingerprint density at radius 2 is 2.12 bits per heavy atom. The molecule has 0 aliphatic carbocycles. The molecule has 0 atom stereocenters. The standard InChI is InChI=1S/C19H16N2OS3/c1-12-18(15-4-2-3-5-16(15)20-12)17(22)11-24-9-14-10-25-19(21-14)13-6-7-23-8-13/h2-8,10,20H,9,11H2,1H3. The van der Waals surface area contributed by atoms with Crippen molar-refractivity contribution in [3.8, 4) is 10.6 Å². The zero-order valence-electron chi connectivity index (χ0n) is 13.6. The lowest BCUT2D eigenvalue weighted by atomic mass is 10.1.